The lowest BCUT2D eigenvalue weighted by Gasteiger charge is -2.07. The van der Waals surface area contributed by atoms with E-state index in [1.165, 1.54) is 0 Å². The Morgan fingerprint density at radius 2 is 2.00 bits per heavy atom. The number of nitrogens with zero attached hydrogens (tertiary/aromatic N) is 3. The van der Waals surface area contributed by atoms with E-state index < -0.39 is 17.8 Å². The lowest BCUT2D eigenvalue weighted by atomic mass is 10.1. The summed E-state index contributed by atoms with van der Waals surface area (Å²) in [4.78, 5) is 37.0. The van der Waals surface area contributed by atoms with E-state index in [1.54, 1.807) is 27.7 Å². The molecule has 1 amide bonds. The standard InChI is InChI=1S/C15H19N5O5S/c1-5-24-14(22)11-8(4)12(15(23)25-7(2)3)26-13(11)16-10(21)6-9-17-19-20-18-9/h7H,5-6H2,1-4H3,(H,16,21)(H,17,18,19,20). The lowest BCUT2D eigenvalue weighted by Crippen LogP contribution is -2.17. The first-order chi connectivity index (χ1) is 12.3. The number of hydrogen-bond donors (Lipinski definition) is 2. The number of ether oxygens (including phenoxy) is 2. The fourth-order valence-corrected chi connectivity index (χ4v) is 3.18. The van der Waals surface area contributed by atoms with Gasteiger partial charge < -0.3 is 14.8 Å². The highest BCUT2D eigenvalue weighted by Crippen LogP contribution is 2.34. The summed E-state index contributed by atoms with van der Waals surface area (Å²) in [5, 5.41) is 15.8. The molecule has 0 saturated carbocycles. The van der Waals surface area contributed by atoms with Crippen molar-refractivity contribution in [3.8, 4) is 0 Å². The van der Waals surface area contributed by atoms with Crippen LogP contribution in [0.5, 0.6) is 0 Å². The minimum Gasteiger partial charge on any atom is -0.462 e. The number of tetrazole rings is 1. The zero-order chi connectivity index (χ0) is 19.3. The van der Waals surface area contributed by atoms with Crippen molar-refractivity contribution >= 4 is 34.2 Å². The monoisotopic (exact) mass is 381 g/mol. The molecule has 2 aromatic heterocycles. The molecule has 0 aliphatic heterocycles. The molecule has 0 aliphatic rings. The predicted octanol–water partition coefficient (Wildman–Crippen LogP) is 1.49. The van der Waals surface area contributed by atoms with Crippen LogP contribution in [-0.4, -0.2) is 51.2 Å². The third-order valence-corrected chi connectivity index (χ3v) is 4.30. The van der Waals surface area contributed by atoms with Gasteiger partial charge in [-0.25, -0.2) is 9.59 Å². The number of anilines is 1. The SMILES string of the molecule is CCOC(=O)c1c(NC(=O)Cc2nn[nH]n2)sc(C(=O)OC(C)C)c1C. The maximum atomic E-state index is 12.3. The molecule has 10 nitrogen and oxygen atoms in total. The third kappa shape index (κ3) is 4.63. The summed E-state index contributed by atoms with van der Waals surface area (Å²) in [6, 6.07) is 0. The van der Waals surface area contributed by atoms with E-state index in [0.717, 1.165) is 11.3 Å². The van der Waals surface area contributed by atoms with Gasteiger partial charge >= 0.3 is 11.9 Å². The summed E-state index contributed by atoms with van der Waals surface area (Å²) in [6.07, 6.45) is -0.451. The third-order valence-electron chi connectivity index (χ3n) is 3.12. The van der Waals surface area contributed by atoms with Crippen molar-refractivity contribution in [1.29, 1.82) is 0 Å². The number of amides is 1. The minimum absolute atomic E-state index is 0.133. The molecule has 0 bridgehead atoms. The molecular weight excluding hydrogens is 362 g/mol. The van der Waals surface area contributed by atoms with Crippen LogP contribution in [0.2, 0.25) is 0 Å². The maximum Gasteiger partial charge on any atom is 0.348 e. The highest BCUT2D eigenvalue weighted by Gasteiger charge is 2.28. The average Bonchev–Trinajstić information content (AvgIpc) is 3.14. The van der Waals surface area contributed by atoms with E-state index >= 15 is 0 Å². The fourth-order valence-electron chi connectivity index (χ4n) is 2.08. The van der Waals surface area contributed by atoms with Gasteiger partial charge in [0.2, 0.25) is 5.91 Å². The molecule has 0 spiro atoms. The van der Waals surface area contributed by atoms with Gasteiger partial charge in [0.15, 0.2) is 5.82 Å². The molecule has 2 heterocycles. The van der Waals surface area contributed by atoms with Crippen molar-refractivity contribution in [3.63, 3.8) is 0 Å². The smallest absolute Gasteiger partial charge is 0.348 e. The summed E-state index contributed by atoms with van der Waals surface area (Å²) in [5.41, 5.74) is 0.531. The molecule has 2 aromatic rings. The Morgan fingerprint density at radius 3 is 2.58 bits per heavy atom. The van der Waals surface area contributed by atoms with Crippen LogP contribution in [-0.2, 0) is 20.7 Å². The van der Waals surface area contributed by atoms with Gasteiger partial charge in [-0.2, -0.15) is 5.21 Å². The molecule has 0 atom stereocenters. The molecule has 140 valence electrons. The molecule has 2 rings (SSSR count). The number of thiophene rings is 1. The number of carbonyl (C=O) groups excluding carboxylic acids is 3. The summed E-state index contributed by atoms with van der Waals surface area (Å²) >= 11 is 0.960. The second-order valence-corrected chi connectivity index (χ2v) is 6.51. The van der Waals surface area contributed by atoms with Crippen LogP contribution in [0.4, 0.5) is 5.00 Å². The van der Waals surface area contributed by atoms with Crippen LogP contribution in [0.1, 0.15) is 52.2 Å². The van der Waals surface area contributed by atoms with Gasteiger partial charge in [0, 0.05) is 0 Å². The molecule has 0 saturated heterocycles. The predicted molar refractivity (Wildman–Crippen MR) is 92.1 cm³/mol. The molecule has 0 radical (unpaired) electrons. The van der Waals surface area contributed by atoms with Crippen LogP contribution in [0.15, 0.2) is 0 Å². The van der Waals surface area contributed by atoms with Crippen LogP contribution in [0, 0.1) is 6.92 Å². The lowest BCUT2D eigenvalue weighted by molar-refractivity contribution is -0.115. The Hall–Kier alpha value is -2.82. The summed E-state index contributed by atoms with van der Waals surface area (Å²) < 4.78 is 10.2. The van der Waals surface area contributed by atoms with Gasteiger partial charge in [0.25, 0.3) is 0 Å². The molecule has 26 heavy (non-hydrogen) atoms. The van der Waals surface area contributed by atoms with E-state index in [4.69, 9.17) is 9.47 Å². The zero-order valence-corrected chi connectivity index (χ0v) is 15.6. The van der Waals surface area contributed by atoms with Crippen molar-refractivity contribution in [2.75, 3.05) is 11.9 Å². The van der Waals surface area contributed by atoms with Crippen LogP contribution < -0.4 is 5.32 Å². The Labute approximate surface area is 153 Å². The minimum atomic E-state index is -0.625. The van der Waals surface area contributed by atoms with Gasteiger partial charge in [-0.1, -0.05) is 5.21 Å². The van der Waals surface area contributed by atoms with Crippen LogP contribution in [0.25, 0.3) is 0 Å². The summed E-state index contributed by atoms with van der Waals surface area (Å²) in [6.45, 7) is 6.88. The van der Waals surface area contributed by atoms with Crippen molar-refractivity contribution in [1.82, 2.24) is 20.6 Å². The number of carbonyl (C=O) groups is 3. The molecule has 0 aromatic carbocycles. The number of aromatic nitrogens is 4. The van der Waals surface area contributed by atoms with E-state index in [2.05, 4.69) is 25.9 Å². The van der Waals surface area contributed by atoms with Crippen LogP contribution >= 0.6 is 11.3 Å². The molecule has 11 heteroatoms. The summed E-state index contributed by atoms with van der Waals surface area (Å²) in [5.74, 6) is -1.44. The normalized spacial score (nSPS) is 10.7. The van der Waals surface area contributed by atoms with Gasteiger partial charge in [0.1, 0.15) is 9.88 Å². The summed E-state index contributed by atoms with van der Waals surface area (Å²) in [7, 11) is 0. The largest absolute Gasteiger partial charge is 0.462 e. The van der Waals surface area contributed by atoms with Gasteiger partial charge in [-0.05, 0) is 33.3 Å². The molecule has 0 unspecified atom stereocenters. The van der Waals surface area contributed by atoms with E-state index in [-0.39, 0.29) is 40.4 Å². The number of hydrogen-bond acceptors (Lipinski definition) is 9. The quantitative estimate of drug-likeness (QED) is 0.689. The Balaban J connectivity index is 2.31. The van der Waals surface area contributed by atoms with Crippen molar-refractivity contribution in [2.45, 2.75) is 40.2 Å². The molecular formula is C15H19N5O5S. The second kappa shape index (κ2) is 8.52. The Bertz CT molecular complexity index is 800. The Kier molecular flexibility index (Phi) is 6.39. The van der Waals surface area contributed by atoms with Crippen LogP contribution in [0.3, 0.4) is 0 Å². The Morgan fingerprint density at radius 1 is 1.27 bits per heavy atom. The van der Waals surface area contributed by atoms with E-state index in [1.807, 2.05) is 0 Å². The van der Waals surface area contributed by atoms with Gasteiger partial charge in [-0.15, -0.1) is 21.5 Å². The second-order valence-electron chi connectivity index (χ2n) is 5.49. The van der Waals surface area contributed by atoms with E-state index in [9.17, 15) is 14.4 Å². The fraction of sp³-hybridized carbons (Fsp3) is 0.467. The van der Waals surface area contributed by atoms with Crippen molar-refractivity contribution < 1.29 is 23.9 Å². The van der Waals surface area contributed by atoms with E-state index in [0.29, 0.717) is 5.56 Å². The maximum absolute atomic E-state index is 12.3. The van der Waals surface area contributed by atoms with Crippen molar-refractivity contribution in [3.05, 3.63) is 21.8 Å². The number of esters is 2. The molecule has 2 N–H and O–H groups in total. The van der Waals surface area contributed by atoms with Gasteiger partial charge in [0.05, 0.1) is 24.7 Å². The first-order valence-electron chi connectivity index (χ1n) is 7.87. The average molecular weight is 381 g/mol. The highest BCUT2D eigenvalue weighted by atomic mass is 32.1. The highest BCUT2D eigenvalue weighted by molar-refractivity contribution is 7.18. The first kappa shape index (κ1) is 19.5. The number of rotatable bonds is 7. The number of nitrogens with one attached hydrogen (secondary N) is 2. The molecule has 0 fully saturated rings. The number of H-pyrrole nitrogens is 1. The topological polar surface area (TPSA) is 136 Å². The zero-order valence-electron chi connectivity index (χ0n) is 14.8. The number of aromatic amines is 1. The van der Waals surface area contributed by atoms with Gasteiger partial charge in [-0.3, -0.25) is 4.79 Å². The molecule has 0 aliphatic carbocycles. The first-order valence-corrected chi connectivity index (χ1v) is 8.68. The van der Waals surface area contributed by atoms with Crippen molar-refractivity contribution in [2.24, 2.45) is 0 Å².